The molecule has 0 amide bonds. The van der Waals surface area contributed by atoms with Crippen molar-refractivity contribution in [3.8, 4) is 0 Å². The van der Waals surface area contributed by atoms with Crippen molar-refractivity contribution in [2.75, 3.05) is 0 Å². The minimum atomic E-state index is -4.48. The van der Waals surface area contributed by atoms with Gasteiger partial charge in [0.1, 0.15) is 0 Å². The van der Waals surface area contributed by atoms with E-state index in [2.05, 4.69) is 5.10 Å². The highest BCUT2D eigenvalue weighted by molar-refractivity contribution is 5.79. The Bertz CT molecular complexity index is 406. The minimum absolute atomic E-state index is 0.321. The van der Waals surface area contributed by atoms with Crippen molar-refractivity contribution in [3.63, 3.8) is 0 Å². The molecule has 1 saturated carbocycles. The van der Waals surface area contributed by atoms with Gasteiger partial charge in [0.2, 0.25) is 0 Å². The van der Waals surface area contributed by atoms with Crippen LogP contribution in [-0.4, -0.2) is 20.9 Å². The van der Waals surface area contributed by atoms with Crippen LogP contribution in [0.3, 0.4) is 0 Å². The van der Waals surface area contributed by atoms with Crippen LogP contribution in [0.2, 0.25) is 0 Å². The molecule has 1 aromatic rings. The van der Waals surface area contributed by atoms with Gasteiger partial charge in [0.15, 0.2) is 5.54 Å². The molecule has 1 heterocycles. The van der Waals surface area contributed by atoms with Crippen molar-refractivity contribution in [2.45, 2.75) is 24.6 Å². The molecule has 0 atom stereocenters. The maximum absolute atomic E-state index is 12.2. The van der Waals surface area contributed by atoms with Crippen LogP contribution in [0.15, 0.2) is 12.4 Å². The lowest BCUT2D eigenvalue weighted by Gasteiger charge is -2.09. The summed E-state index contributed by atoms with van der Waals surface area (Å²) in [6.45, 7) is 0. The summed E-state index contributed by atoms with van der Waals surface area (Å²) in [5.41, 5.74) is -2.17. The number of carboxylic acids is 1. The number of aromatic nitrogens is 2. The Morgan fingerprint density at radius 2 is 2.13 bits per heavy atom. The Morgan fingerprint density at radius 1 is 1.53 bits per heavy atom. The summed E-state index contributed by atoms with van der Waals surface area (Å²) in [6.07, 6.45) is -2.46. The standard InChI is InChI=1S/C8H7F3N2O2/c9-8(10,11)5-3-12-13(4-5)7(1-2-7)6(14)15/h3-4H,1-2H2,(H,14,15). The average Bonchev–Trinajstić information content (AvgIpc) is 2.75. The Balaban J connectivity index is 2.33. The predicted octanol–water partition coefficient (Wildman–Crippen LogP) is 1.48. The van der Waals surface area contributed by atoms with E-state index in [-0.39, 0.29) is 0 Å². The molecular weight excluding hydrogens is 213 g/mol. The molecule has 1 fully saturated rings. The molecule has 1 aliphatic rings. The highest BCUT2D eigenvalue weighted by Gasteiger charge is 2.53. The van der Waals surface area contributed by atoms with Crippen LogP contribution in [0.1, 0.15) is 18.4 Å². The van der Waals surface area contributed by atoms with Crippen molar-refractivity contribution in [1.82, 2.24) is 9.78 Å². The van der Waals surface area contributed by atoms with Crippen LogP contribution in [-0.2, 0) is 16.5 Å². The van der Waals surface area contributed by atoms with Gasteiger partial charge < -0.3 is 5.11 Å². The molecule has 4 nitrogen and oxygen atoms in total. The highest BCUT2D eigenvalue weighted by Crippen LogP contribution is 2.44. The van der Waals surface area contributed by atoms with Gasteiger partial charge in [-0.25, -0.2) is 4.79 Å². The summed E-state index contributed by atoms with van der Waals surface area (Å²) < 4.78 is 37.5. The minimum Gasteiger partial charge on any atom is -0.479 e. The van der Waals surface area contributed by atoms with Gasteiger partial charge in [0, 0.05) is 6.20 Å². The van der Waals surface area contributed by atoms with E-state index in [1.165, 1.54) is 0 Å². The van der Waals surface area contributed by atoms with Gasteiger partial charge in [-0.3, -0.25) is 4.68 Å². The lowest BCUT2D eigenvalue weighted by molar-refractivity contribution is -0.143. The van der Waals surface area contributed by atoms with Crippen LogP contribution in [0, 0.1) is 0 Å². The molecule has 15 heavy (non-hydrogen) atoms. The third kappa shape index (κ3) is 1.47. The van der Waals surface area contributed by atoms with E-state index in [1.54, 1.807) is 0 Å². The Kier molecular flexibility index (Phi) is 1.83. The van der Waals surface area contributed by atoms with Gasteiger partial charge in [0.25, 0.3) is 0 Å². The quantitative estimate of drug-likeness (QED) is 0.821. The maximum Gasteiger partial charge on any atom is 0.419 e. The van der Waals surface area contributed by atoms with E-state index >= 15 is 0 Å². The van der Waals surface area contributed by atoms with E-state index in [1.807, 2.05) is 0 Å². The van der Waals surface area contributed by atoms with Crippen molar-refractivity contribution >= 4 is 5.97 Å². The number of nitrogens with zero attached hydrogens (tertiary/aromatic N) is 2. The first-order valence-corrected chi connectivity index (χ1v) is 4.22. The highest BCUT2D eigenvalue weighted by atomic mass is 19.4. The third-order valence-electron chi connectivity index (χ3n) is 2.47. The first kappa shape index (κ1) is 10.0. The molecule has 2 rings (SSSR count). The molecule has 0 radical (unpaired) electrons. The zero-order valence-electron chi connectivity index (χ0n) is 7.45. The third-order valence-corrected chi connectivity index (χ3v) is 2.47. The Labute approximate surface area is 82.3 Å². The van der Waals surface area contributed by atoms with E-state index in [4.69, 9.17) is 5.11 Å². The normalized spacial score (nSPS) is 18.9. The average molecular weight is 220 g/mol. The zero-order chi connectivity index (χ0) is 11.3. The molecule has 1 aromatic heterocycles. The molecular formula is C8H7F3N2O2. The molecule has 0 saturated heterocycles. The smallest absolute Gasteiger partial charge is 0.419 e. The second-order valence-electron chi connectivity index (χ2n) is 3.51. The van der Waals surface area contributed by atoms with Gasteiger partial charge in [-0.05, 0) is 12.8 Å². The number of alkyl halides is 3. The van der Waals surface area contributed by atoms with Crippen LogP contribution in [0.5, 0.6) is 0 Å². The molecule has 0 bridgehead atoms. The van der Waals surface area contributed by atoms with Gasteiger partial charge >= 0.3 is 12.1 Å². The number of hydrogen-bond donors (Lipinski definition) is 1. The summed E-state index contributed by atoms with van der Waals surface area (Å²) >= 11 is 0. The molecule has 0 unspecified atom stereocenters. The van der Waals surface area contributed by atoms with Crippen molar-refractivity contribution in [3.05, 3.63) is 18.0 Å². The van der Waals surface area contributed by atoms with Crippen molar-refractivity contribution in [1.29, 1.82) is 0 Å². The van der Waals surface area contributed by atoms with Gasteiger partial charge in [0.05, 0.1) is 11.8 Å². The van der Waals surface area contributed by atoms with Crippen molar-refractivity contribution in [2.24, 2.45) is 0 Å². The second kappa shape index (κ2) is 2.74. The lowest BCUT2D eigenvalue weighted by Crippen LogP contribution is -2.27. The summed E-state index contributed by atoms with van der Waals surface area (Å²) in [5, 5.41) is 12.3. The number of carbonyl (C=O) groups is 1. The first-order chi connectivity index (χ1) is 6.86. The van der Waals surface area contributed by atoms with E-state index < -0.39 is 23.2 Å². The molecule has 82 valence electrons. The van der Waals surface area contributed by atoms with Crippen LogP contribution in [0.25, 0.3) is 0 Å². The lowest BCUT2D eigenvalue weighted by atomic mass is 10.3. The first-order valence-electron chi connectivity index (χ1n) is 4.22. The van der Waals surface area contributed by atoms with Gasteiger partial charge in [-0.15, -0.1) is 0 Å². The maximum atomic E-state index is 12.2. The fourth-order valence-electron chi connectivity index (χ4n) is 1.36. The number of halogens is 3. The zero-order valence-corrected chi connectivity index (χ0v) is 7.45. The monoisotopic (exact) mass is 220 g/mol. The van der Waals surface area contributed by atoms with Gasteiger partial charge in [-0.2, -0.15) is 18.3 Å². The van der Waals surface area contributed by atoms with E-state index in [0.717, 1.165) is 10.9 Å². The van der Waals surface area contributed by atoms with Crippen LogP contribution < -0.4 is 0 Å². The Morgan fingerprint density at radius 3 is 2.47 bits per heavy atom. The number of rotatable bonds is 2. The predicted molar refractivity (Wildman–Crippen MR) is 42.1 cm³/mol. The molecule has 0 aliphatic heterocycles. The van der Waals surface area contributed by atoms with E-state index in [0.29, 0.717) is 19.0 Å². The molecule has 0 spiro atoms. The molecule has 0 aromatic carbocycles. The SMILES string of the molecule is O=C(O)C1(n2cc(C(F)(F)F)cn2)CC1. The molecule has 7 heteroatoms. The Hall–Kier alpha value is -1.53. The second-order valence-corrected chi connectivity index (χ2v) is 3.51. The van der Waals surface area contributed by atoms with Crippen molar-refractivity contribution < 1.29 is 23.1 Å². The van der Waals surface area contributed by atoms with E-state index in [9.17, 15) is 18.0 Å². The number of aliphatic carboxylic acids is 1. The summed E-state index contributed by atoms with van der Waals surface area (Å²) in [7, 11) is 0. The largest absolute Gasteiger partial charge is 0.479 e. The van der Waals surface area contributed by atoms with Crippen LogP contribution >= 0.6 is 0 Å². The summed E-state index contributed by atoms with van der Waals surface area (Å²) in [5.74, 6) is -1.14. The fourth-order valence-corrected chi connectivity index (χ4v) is 1.36. The van der Waals surface area contributed by atoms with Gasteiger partial charge in [-0.1, -0.05) is 0 Å². The fraction of sp³-hybridized carbons (Fsp3) is 0.500. The number of carboxylic acid groups (broad SMARTS) is 1. The summed E-state index contributed by atoms with van der Waals surface area (Å²) in [6, 6.07) is 0. The van der Waals surface area contributed by atoms with Crippen LogP contribution in [0.4, 0.5) is 13.2 Å². The number of hydrogen-bond acceptors (Lipinski definition) is 2. The molecule has 1 aliphatic carbocycles. The molecule has 1 N–H and O–H groups in total. The topological polar surface area (TPSA) is 55.1 Å². The summed E-state index contributed by atoms with van der Waals surface area (Å²) in [4.78, 5) is 10.8.